The zero-order valence-corrected chi connectivity index (χ0v) is 16.0. The van der Waals surface area contributed by atoms with E-state index >= 15 is 0 Å². The number of hydrogen-bond donors (Lipinski definition) is 0. The topological polar surface area (TPSA) is 60.1 Å². The van der Waals surface area contributed by atoms with Crippen molar-refractivity contribution in [3.05, 3.63) is 82.5 Å². The first-order valence-electron chi connectivity index (χ1n) is 9.06. The summed E-state index contributed by atoms with van der Waals surface area (Å²) in [5.74, 6) is 0.187. The molecule has 1 atom stereocenters. The predicted octanol–water partition coefficient (Wildman–Crippen LogP) is 2.93. The molecule has 7 heteroatoms. The van der Waals surface area contributed by atoms with Crippen LogP contribution in [0.5, 0.6) is 0 Å². The van der Waals surface area contributed by atoms with Gasteiger partial charge >= 0.3 is 0 Å². The normalized spacial score (nSPS) is 18.0. The number of halogens is 1. The van der Waals surface area contributed by atoms with Gasteiger partial charge in [-0.3, -0.25) is 9.59 Å². The first kappa shape index (κ1) is 18.2. The zero-order chi connectivity index (χ0) is 20.1. The number of carbonyl (C=O) groups excluding carboxylic acids is 1. The fraction of sp³-hybridized carbons (Fsp3) is 0.286. The SMILES string of the molecule is Cn1c(C(=O)N2CC(C)(C)C2c2nccn2-c2ccc(F)cc2)cccc1=O. The molecule has 1 saturated heterocycles. The van der Waals surface area contributed by atoms with E-state index in [0.29, 0.717) is 18.1 Å². The number of benzene rings is 1. The Kier molecular flexibility index (Phi) is 4.18. The number of aromatic nitrogens is 3. The summed E-state index contributed by atoms with van der Waals surface area (Å²) in [7, 11) is 1.59. The van der Waals surface area contributed by atoms with Crippen LogP contribution in [-0.4, -0.2) is 31.5 Å². The third-order valence-corrected chi connectivity index (χ3v) is 5.31. The van der Waals surface area contributed by atoms with Gasteiger partial charge < -0.3 is 14.0 Å². The Morgan fingerprint density at radius 2 is 1.89 bits per heavy atom. The molecule has 0 N–H and O–H groups in total. The highest BCUT2D eigenvalue weighted by Crippen LogP contribution is 2.48. The lowest BCUT2D eigenvalue weighted by Crippen LogP contribution is -2.59. The highest BCUT2D eigenvalue weighted by atomic mass is 19.1. The van der Waals surface area contributed by atoms with Gasteiger partial charge in [-0.25, -0.2) is 9.37 Å². The van der Waals surface area contributed by atoms with Crippen LogP contribution in [0, 0.1) is 11.2 Å². The molecule has 3 heterocycles. The van der Waals surface area contributed by atoms with Gasteiger partial charge in [0.15, 0.2) is 0 Å². The van der Waals surface area contributed by atoms with Crippen LogP contribution in [0.3, 0.4) is 0 Å². The van der Waals surface area contributed by atoms with E-state index in [1.807, 2.05) is 4.57 Å². The van der Waals surface area contributed by atoms with Gasteiger partial charge in [-0.2, -0.15) is 0 Å². The highest BCUT2D eigenvalue weighted by molar-refractivity contribution is 5.93. The molecule has 0 spiro atoms. The number of amides is 1. The van der Waals surface area contributed by atoms with Gasteiger partial charge in [0.2, 0.25) is 0 Å². The van der Waals surface area contributed by atoms with Crippen LogP contribution in [0.25, 0.3) is 5.69 Å². The van der Waals surface area contributed by atoms with Gasteiger partial charge in [0.25, 0.3) is 11.5 Å². The highest BCUT2D eigenvalue weighted by Gasteiger charge is 2.51. The molecule has 0 saturated carbocycles. The molecule has 1 unspecified atom stereocenters. The summed E-state index contributed by atoms with van der Waals surface area (Å²) in [5.41, 5.74) is 0.700. The molecule has 6 nitrogen and oxygen atoms in total. The van der Waals surface area contributed by atoms with E-state index in [2.05, 4.69) is 18.8 Å². The standard InChI is InChI=1S/C21H21FN4O2/c1-21(2)13-26(20(28)16-5-4-6-17(27)24(16)3)18(21)19-23-11-12-25(19)15-9-7-14(22)8-10-15/h4-12,18H,13H2,1-3H3. The second kappa shape index (κ2) is 6.44. The van der Waals surface area contributed by atoms with Crippen molar-refractivity contribution < 1.29 is 9.18 Å². The molecule has 0 radical (unpaired) electrons. The number of imidazole rings is 1. The lowest BCUT2D eigenvalue weighted by Gasteiger charge is -2.53. The molecule has 1 aromatic carbocycles. The maximum absolute atomic E-state index is 13.3. The minimum Gasteiger partial charge on any atom is -0.326 e. The Labute approximate surface area is 161 Å². The van der Waals surface area contributed by atoms with Crippen molar-refractivity contribution in [1.29, 1.82) is 0 Å². The summed E-state index contributed by atoms with van der Waals surface area (Å²) in [5, 5.41) is 0. The van der Waals surface area contributed by atoms with Crippen LogP contribution >= 0.6 is 0 Å². The lowest BCUT2D eigenvalue weighted by molar-refractivity contribution is -0.0376. The van der Waals surface area contributed by atoms with Crippen molar-refractivity contribution >= 4 is 5.91 Å². The number of carbonyl (C=O) groups is 1. The summed E-state index contributed by atoms with van der Waals surface area (Å²) in [6.07, 6.45) is 3.48. The molecule has 0 bridgehead atoms. The van der Waals surface area contributed by atoms with E-state index in [0.717, 1.165) is 5.69 Å². The Morgan fingerprint density at radius 1 is 1.18 bits per heavy atom. The van der Waals surface area contributed by atoms with Gasteiger partial charge in [0.1, 0.15) is 17.3 Å². The number of pyridine rings is 1. The molecule has 2 aromatic heterocycles. The van der Waals surface area contributed by atoms with E-state index in [4.69, 9.17) is 0 Å². The largest absolute Gasteiger partial charge is 0.326 e. The third-order valence-electron chi connectivity index (χ3n) is 5.31. The van der Waals surface area contributed by atoms with Crippen molar-refractivity contribution in [3.8, 4) is 5.69 Å². The van der Waals surface area contributed by atoms with Gasteiger partial charge in [-0.1, -0.05) is 19.9 Å². The average molecular weight is 380 g/mol. The Bertz CT molecular complexity index is 1100. The second-order valence-electron chi connectivity index (χ2n) is 7.76. The molecule has 1 amide bonds. The number of hydrogen-bond acceptors (Lipinski definition) is 3. The van der Waals surface area contributed by atoms with Crippen LogP contribution in [0.15, 0.2) is 59.7 Å². The third kappa shape index (κ3) is 2.83. The van der Waals surface area contributed by atoms with Crippen molar-refractivity contribution in [2.75, 3.05) is 6.54 Å². The van der Waals surface area contributed by atoms with Crippen LogP contribution < -0.4 is 5.56 Å². The minimum atomic E-state index is -0.309. The molecule has 144 valence electrons. The van der Waals surface area contributed by atoms with Gasteiger partial charge in [-0.15, -0.1) is 0 Å². The molecule has 1 aliphatic heterocycles. The summed E-state index contributed by atoms with van der Waals surface area (Å²) >= 11 is 0. The fourth-order valence-corrected chi connectivity index (χ4v) is 3.87. The van der Waals surface area contributed by atoms with E-state index < -0.39 is 0 Å². The Hall–Kier alpha value is -3.22. The lowest BCUT2D eigenvalue weighted by atomic mass is 9.74. The summed E-state index contributed by atoms with van der Waals surface area (Å²) in [4.78, 5) is 31.3. The van der Waals surface area contributed by atoms with Crippen molar-refractivity contribution in [3.63, 3.8) is 0 Å². The number of likely N-dealkylation sites (tertiary alicyclic amines) is 1. The van der Waals surface area contributed by atoms with Crippen LogP contribution in [0.4, 0.5) is 4.39 Å². The minimum absolute atomic E-state index is 0.188. The van der Waals surface area contributed by atoms with Crippen molar-refractivity contribution in [2.45, 2.75) is 19.9 Å². The van der Waals surface area contributed by atoms with Crippen LogP contribution in [-0.2, 0) is 7.05 Å². The molecule has 1 aliphatic rings. The van der Waals surface area contributed by atoms with Crippen LogP contribution in [0.1, 0.15) is 36.2 Å². The van der Waals surface area contributed by atoms with Gasteiger partial charge in [-0.05, 0) is 30.3 Å². The average Bonchev–Trinajstić information content (AvgIpc) is 3.11. The second-order valence-corrected chi connectivity index (χ2v) is 7.76. The molecule has 1 fully saturated rings. The molecular formula is C21H21FN4O2. The predicted molar refractivity (Wildman–Crippen MR) is 103 cm³/mol. The molecular weight excluding hydrogens is 359 g/mol. The Balaban J connectivity index is 1.73. The monoisotopic (exact) mass is 380 g/mol. The molecule has 0 aliphatic carbocycles. The summed E-state index contributed by atoms with van der Waals surface area (Å²) in [6, 6.07) is 10.6. The smallest absolute Gasteiger partial charge is 0.271 e. The van der Waals surface area contributed by atoms with E-state index in [1.165, 1.54) is 22.8 Å². The number of rotatable bonds is 3. The van der Waals surface area contributed by atoms with E-state index in [-0.39, 0.29) is 28.7 Å². The van der Waals surface area contributed by atoms with Gasteiger partial charge in [0, 0.05) is 43.2 Å². The van der Waals surface area contributed by atoms with Crippen LogP contribution in [0.2, 0.25) is 0 Å². The molecule has 4 rings (SSSR count). The first-order valence-corrected chi connectivity index (χ1v) is 9.06. The fourth-order valence-electron chi connectivity index (χ4n) is 3.87. The summed E-state index contributed by atoms with van der Waals surface area (Å²) < 4.78 is 16.5. The molecule has 3 aromatic rings. The van der Waals surface area contributed by atoms with Crippen molar-refractivity contribution in [1.82, 2.24) is 19.0 Å². The van der Waals surface area contributed by atoms with Gasteiger partial charge in [0.05, 0.1) is 6.04 Å². The van der Waals surface area contributed by atoms with Crippen molar-refractivity contribution in [2.24, 2.45) is 12.5 Å². The zero-order valence-electron chi connectivity index (χ0n) is 16.0. The molecule has 28 heavy (non-hydrogen) atoms. The Morgan fingerprint density at radius 3 is 2.57 bits per heavy atom. The number of nitrogens with zero attached hydrogens (tertiary/aromatic N) is 4. The first-order chi connectivity index (χ1) is 13.3. The maximum Gasteiger partial charge on any atom is 0.271 e. The quantitative estimate of drug-likeness (QED) is 0.702. The van der Waals surface area contributed by atoms with E-state index in [1.54, 1.807) is 48.6 Å². The summed E-state index contributed by atoms with van der Waals surface area (Å²) in [6.45, 7) is 4.71. The maximum atomic E-state index is 13.3. The van der Waals surface area contributed by atoms with E-state index in [9.17, 15) is 14.0 Å².